The van der Waals surface area contributed by atoms with E-state index >= 15 is 0 Å². The minimum Gasteiger partial charge on any atom is -0.373 e. The maximum Gasteiger partial charge on any atom is 0.271 e. The molecule has 1 aromatic heterocycles. The van der Waals surface area contributed by atoms with Crippen LogP contribution in [0, 0.1) is 20.8 Å². The molecule has 1 heterocycles. The predicted octanol–water partition coefficient (Wildman–Crippen LogP) is 3.52. The maximum absolute atomic E-state index is 12.4. The fourth-order valence-corrected chi connectivity index (χ4v) is 3.33. The molecule has 0 atom stereocenters. The number of H-pyrrole nitrogens is 1. The van der Waals surface area contributed by atoms with E-state index < -0.39 is 0 Å². The van der Waals surface area contributed by atoms with Crippen LogP contribution in [-0.4, -0.2) is 19.1 Å². The molecule has 0 saturated heterocycles. The number of aromatic nitrogens is 1. The van der Waals surface area contributed by atoms with Gasteiger partial charge in [-0.3, -0.25) is 4.79 Å². The van der Waals surface area contributed by atoms with Gasteiger partial charge in [-0.05, 0) is 43.9 Å². The van der Waals surface area contributed by atoms with Gasteiger partial charge in [0.05, 0.1) is 0 Å². The highest BCUT2D eigenvalue weighted by atomic mass is 16.1. The third kappa shape index (κ3) is 3.24. The zero-order valence-corrected chi connectivity index (χ0v) is 14.5. The standard InChI is InChI=1S/C19H26N2O/c1-7-16-14(4)20-19(22)18(21(5)6)17(16)11-15-9-12(2)8-13(3)10-15/h8-10H,7,11H2,1-6H3,(H,20,22). The van der Waals surface area contributed by atoms with Gasteiger partial charge in [0.1, 0.15) is 5.69 Å². The summed E-state index contributed by atoms with van der Waals surface area (Å²) in [6, 6.07) is 6.60. The second-order valence-electron chi connectivity index (χ2n) is 6.31. The first-order chi connectivity index (χ1) is 10.3. The summed E-state index contributed by atoms with van der Waals surface area (Å²) in [6.45, 7) is 8.37. The normalized spacial score (nSPS) is 10.8. The molecule has 0 aliphatic rings. The van der Waals surface area contributed by atoms with Gasteiger partial charge in [-0.1, -0.05) is 36.2 Å². The van der Waals surface area contributed by atoms with Crippen LogP contribution in [0.2, 0.25) is 0 Å². The number of rotatable bonds is 4. The van der Waals surface area contributed by atoms with E-state index in [-0.39, 0.29) is 5.56 Å². The largest absolute Gasteiger partial charge is 0.373 e. The predicted molar refractivity (Wildman–Crippen MR) is 94.2 cm³/mol. The van der Waals surface area contributed by atoms with Crippen molar-refractivity contribution >= 4 is 5.69 Å². The molecule has 0 unspecified atom stereocenters. The van der Waals surface area contributed by atoms with Crippen LogP contribution < -0.4 is 10.5 Å². The molecule has 0 amide bonds. The van der Waals surface area contributed by atoms with Gasteiger partial charge in [0.15, 0.2) is 0 Å². The molecular formula is C19H26N2O. The lowest BCUT2D eigenvalue weighted by Gasteiger charge is -2.21. The van der Waals surface area contributed by atoms with Crippen molar-refractivity contribution in [1.82, 2.24) is 4.98 Å². The number of aryl methyl sites for hydroxylation is 3. The van der Waals surface area contributed by atoms with E-state index in [0.29, 0.717) is 0 Å². The highest BCUT2D eigenvalue weighted by Gasteiger charge is 2.16. The number of nitrogens with zero attached hydrogens (tertiary/aromatic N) is 1. The second kappa shape index (κ2) is 6.39. The molecule has 2 rings (SSSR count). The van der Waals surface area contributed by atoms with Crippen molar-refractivity contribution in [3.63, 3.8) is 0 Å². The van der Waals surface area contributed by atoms with Gasteiger partial charge in [-0.2, -0.15) is 0 Å². The minimum atomic E-state index is -0.000856. The third-order valence-corrected chi connectivity index (χ3v) is 4.08. The Bertz CT molecular complexity index is 722. The first kappa shape index (κ1) is 16.3. The lowest BCUT2D eigenvalue weighted by atomic mass is 9.94. The third-order valence-electron chi connectivity index (χ3n) is 4.08. The fraction of sp³-hybridized carbons (Fsp3) is 0.421. The lowest BCUT2D eigenvalue weighted by molar-refractivity contribution is 0.946. The summed E-state index contributed by atoms with van der Waals surface area (Å²) in [5, 5.41) is 0. The molecule has 0 aliphatic heterocycles. The van der Waals surface area contributed by atoms with Gasteiger partial charge >= 0.3 is 0 Å². The van der Waals surface area contributed by atoms with E-state index in [0.717, 1.165) is 29.8 Å². The van der Waals surface area contributed by atoms with Crippen molar-refractivity contribution in [2.75, 3.05) is 19.0 Å². The Morgan fingerprint density at radius 1 is 1.00 bits per heavy atom. The Balaban J connectivity index is 2.64. The summed E-state index contributed by atoms with van der Waals surface area (Å²) >= 11 is 0. The second-order valence-corrected chi connectivity index (χ2v) is 6.31. The van der Waals surface area contributed by atoms with Gasteiger partial charge < -0.3 is 9.88 Å². The van der Waals surface area contributed by atoms with Gasteiger partial charge in [-0.25, -0.2) is 0 Å². The number of anilines is 1. The van der Waals surface area contributed by atoms with Crippen LogP contribution in [0.25, 0.3) is 0 Å². The monoisotopic (exact) mass is 298 g/mol. The van der Waals surface area contributed by atoms with E-state index in [4.69, 9.17) is 0 Å². The van der Waals surface area contributed by atoms with Gasteiger partial charge in [0.2, 0.25) is 0 Å². The first-order valence-electron chi connectivity index (χ1n) is 7.82. The fourth-order valence-electron chi connectivity index (χ4n) is 3.33. The van der Waals surface area contributed by atoms with Gasteiger partial charge in [0.25, 0.3) is 5.56 Å². The van der Waals surface area contributed by atoms with E-state index in [2.05, 4.69) is 44.0 Å². The first-order valence-corrected chi connectivity index (χ1v) is 7.82. The number of aromatic amines is 1. The van der Waals surface area contributed by atoms with Crippen LogP contribution >= 0.6 is 0 Å². The molecule has 0 fully saturated rings. The van der Waals surface area contributed by atoms with Crippen LogP contribution in [0.5, 0.6) is 0 Å². The van der Waals surface area contributed by atoms with E-state index in [1.54, 1.807) is 0 Å². The SMILES string of the molecule is CCc1c(C)[nH]c(=O)c(N(C)C)c1Cc1cc(C)cc(C)c1. The Morgan fingerprint density at radius 3 is 2.09 bits per heavy atom. The molecule has 0 aliphatic carbocycles. The zero-order valence-electron chi connectivity index (χ0n) is 14.5. The summed E-state index contributed by atoms with van der Waals surface area (Å²) in [4.78, 5) is 17.3. The number of benzene rings is 1. The Morgan fingerprint density at radius 2 is 1.59 bits per heavy atom. The number of pyridine rings is 1. The molecule has 0 saturated carbocycles. The molecule has 1 aromatic carbocycles. The summed E-state index contributed by atoms with van der Waals surface area (Å²) in [7, 11) is 3.87. The molecule has 0 spiro atoms. The summed E-state index contributed by atoms with van der Waals surface area (Å²) in [5.74, 6) is 0. The summed E-state index contributed by atoms with van der Waals surface area (Å²) < 4.78 is 0. The lowest BCUT2D eigenvalue weighted by Crippen LogP contribution is -2.25. The van der Waals surface area contributed by atoms with Crippen LogP contribution in [0.3, 0.4) is 0 Å². The highest BCUT2D eigenvalue weighted by molar-refractivity contribution is 5.57. The molecule has 2 aromatic rings. The molecule has 3 nitrogen and oxygen atoms in total. The number of hydrogen-bond donors (Lipinski definition) is 1. The zero-order chi connectivity index (χ0) is 16.4. The molecule has 22 heavy (non-hydrogen) atoms. The van der Waals surface area contributed by atoms with E-state index in [9.17, 15) is 4.79 Å². The average molecular weight is 298 g/mol. The topological polar surface area (TPSA) is 36.1 Å². The molecule has 1 N–H and O–H groups in total. The molecule has 0 bridgehead atoms. The maximum atomic E-state index is 12.4. The van der Waals surface area contributed by atoms with Crippen molar-refractivity contribution in [1.29, 1.82) is 0 Å². The van der Waals surface area contributed by atoms with E-state index in [1.165, 1.54) is 22.3 Å². The molecule has 3 heteroatoms. The van der Waals surface area contributed by atoms with Gasteiger partial charge in [0, 0.05) is 26.2 Å². The Kier molecular flexibility index (Phi) is 4.74. The molecular weight excluding hydrogens is 272 g/mol. The number of hydrogen-bond acceptors (Lipinski definition) is 2. The van der Waals surface area contributed by atoms with Crippen molar-refractivity contribution in [2.45, 2.75) is 40.5 Å². The van der Waals surface area contributed by atoms with Crippen molar-refractivity contribution in [3.05, 3.63) is 62.1 Å². The minimum absolute atomic E-state index is 0.000856. The molecule has 0 radical (unpaired) electrons. The van der Waals surface area contributed by atoms with Gasteiger partial charge in [-0.15, -0.1) is 0 Å². The van der Waals surface area contributed by atoms with Crippen molar-refractivity contribution in [3.8, 4) is 0 Å². The summed E-state index contributed by atoms with van der Waals surface area (Å²) in [5.41, 5.74) is 7.96. The quantitative estimate of drug-likeness (QED) is 0.937. The highest BCUT2D eigenvalue weighted by Crippen LogP contribution is 2.25. The van der Waals surface area contributed by atoms with Crippen LogP contribution in [0.1, 0.15) is 40.4 Å². The Labute approximate surface area is 133 Å². The molecule has 118 valence electrons. The summed E-state index contributed by atoms with van der Waals surface area (Å²) in [6.07, 6.45) is 1.72. The van der Waals surface area contributed by atoms with E-state index in [1.807, 2.05) is 25.9 Å². The van der Waals surface area contributed by atoms with Crippen LogP contribution in [-0.2, 0) is 12.8 Å². The number of nitrogens with one attached hydrogen (secondary N) is 1. The van der Waals surface area contributed by atoms with Crippen molar-refractivity contribution in [2.24, 2.45) is 0 Å². The van der Waals surface area contributed by atoms with Crippen molar-refractivity contribution < 1.29 is 0 Å². The van der Waals surface area contributed by atoms with Crippen LogP contribution in [0.4, 0.5) is 5.69 Å². The average Bonchev–Trinajstić information content (AvgIpc) is 2.36. The van der Waals surface area contributed by atoms with Crippen LogP contribution in [0.15, 0.2) is 23.0 Å². The Hall–Kier alpha value is -2.03. The smallest absolute Gasteiger partial charge is 0.271 e.